The minimum Gasteiger partial charge on any atom is -0.326 e. The first-order valence-corrected chi connectivity index (χ1v) is 8.81. The molecule has 5 rings (SSSR count). The molecule has 9 heteroatoms. The minimum absolute atomic E-state index is 0.118. The number of rotatable bonds is 3. The van der Waals surface area contributed by atoms with Gasteiger partial charge in [0.2, 0.25) is 5.82 Å². The van der Waals surface area contributed by atoms with Gasteiger partial charge in [0.25, 0.3) is 0 Å². The van der Waals surface area contributed by atoms with Crippen LogP contribution in [0.3, 0.4) is 0 Å². The number of carbonyl (C=O) groups is 1. The predicted octanol–water partition coefficient (Wildman–Crippen LogP) is 3.08. The van der Waals surface area contributed by atoms with Gasteiger partial charge in [0.1, 0.15) is 28.8 Å². The maximum absolute atomic E-state index is 14.5. The van der Waals surface area contributed by atoms with Gasteiger partial charge in [0.05, 0.1) is 5.69 Å². The van der Waals surface area contributed by atoms with Gasteiger partial charge in [-0.05, 0) is 30.7 Å². The van der Waals surface area contributed by atoms with Crippen LogP contribution in [0.4, 0.5) is 8.78 Å². The van der Waals surface area contributed by atoms with E-state index in [1.165, 1.54) is 23.6 Å². The van der Waals surface area contributed by atoms with E-state index in [0.29, 0.717) is 22.7 Å². The second kappa shape index (κ2) is 6.01. The third-order valence-corrected chi connectivity index (χ3v) is 4.84. The van der Waals surface area contributed by atoms with Crippen molar-refractivity contribution in [2.45, 2.75) is 26.3 Å². The van der Waals surface area contributed by atoms with Crippen LogP contribution >= 0.6 is 0 Å². The van der Waals surface area contributed by atoms with E-state index >= 15 is 0 Å². The van der Waals surface area contributed by atoms with Crippen molar-refractivity contribution in [3.05, 3.63) is 53.6 Å². The lowest BCUT2D eigenvalue weighted by atomic mass is 10.1. The first kappa shape index (κ1) is 16.7. The fourth-order valence-electron chi connectivity index (χ4n) is 3.59. The molecule has 1 aliphatic heterocycles. The SMILES string of the molecule is CC(=O)c1nnc2ccc(-c3c(-c4ccc(F)cc4F)nc4n3CCC4)nn12. The van der Waals surface area contributed by atoms with Crippen LogP contribution in [0.25, 0.3) is 28.3 Å². The molecule has 0 fully saturated rings. The van der Waals surface area contributed by atoms with Crippen LogP contribution in [0.15, 0.2) is 30.3 Å². The molecule has 7 nitrogen and oxygen atoms in total. The van der Waals surface area contributed by atoms with Crippen LogP contribution in [-0.2, 0) is 13.0 Å². The fraction of sp³-hybridized carbons (Fsp3) is 0.211. The average Bonchev–Trinajstić information content (AvgIpc) is 3.34. The lowest BCUT2D eigenvalue weighted by Gasteiger charge is -2.09. The highest BCUT2D eigenvalue weighted by Gasteiger charge is 2.26. The molecule has 0 spiro atoms. The van der Waals surface area contributed by atoms with Gasteiger partial charge < -0.3 is 4.57 Å². The van der Waals surface area contributed by atoms with Gasteiger partial charge in [0.15, 0.2) is 11.4 Å². The maximum Gasteiger partial charge on any atom is 0.220 e. The van der Waals surface area contributed by atoms with Gasteiger partial charge in [-0.1, -0.05) is 0 Å². The summed E-state index contributed by atoms with van der Waals surface area (Å²) in [6, 6.07) is 6.86. The molecule has 0 aliphatic carbocycles. The number of nitrogens with zero attached hydrogens (tertiary/aromatic N) is 6. The zero-order valence-electron chi connectivity index (χ0n) is 14.9. The Morgan fingerprint density at radius 2 is 2.00 bits per heavy atom. The van der Waals surface area contributed by atoms with Crippen LogP contribution in [0.1, 0.15) is 29.8 Å². The van der Waals surface area contributed by atoms with E-state index in [0.717, 1.165) is 31.3 Å². The number of benzene rings is 1. The largest absolute Gasteiger partial charge is 0.326 e. The highest BCUT2D eigenvalue weighted by molar-refractivity contribution is 5.91. The number of hydrogen-bond donors (Lipinski definition) is 0. The molecule has 1 aromatic carbocycles. The van der Waals surface area contributed by atoms with Crippen LogP contribution in [0, 0.1) is 11.6 Å². The quantitative estimate of drug-likeness (QED) is 0.511. The molecule has 0 N–H and O–H groups in total. The fourth-order valence-corrected chi connectivity index (χ4v) is 3.59. The smallest absolute Gasteiger partial charge is 0.220 e. The Balaban J connectivity index is 1.77. The Labute approximate surface area is 157 Å². The van der Waals surface area contributed by atoms with Crippen molar-refractivity contribution in [2.24, 2.45) is 0 Å². The Bertz CT molecular complexity index is 1260. The van der Waals surface area contributed by atoms with Crippen LogP contribution in [0.5, 0.6) is 0 Å². The molecule has 28 heavy (non-hydrogen) atoms. The number of carbonyl (C=O) groups excluding carboxylic acids is 1. The van der Waals surface area contributed by atoms with E-state index in [4.69, 9.17) is 0 Å². The van der Waals surface area contributed by atoms with Crippen LogP contribution < -0.4 is 0 Å². The van der Waals surface area contributed by atoms with Crippen molar-refractivity contribution >= 4 is 11.4 Å². The molecule has 0 bridgehead atoms. The molecule has 4 aromatic rings. The monoisotopic (exact) mass is 380 g/mol. The standard InChI is InChI=1S/C19H14F2N6O/c1-10(28)19-24-23-16-7-6-14(25-27(16)19)18-17(22-15-3-2-8-26(15)18)12-5-4-11(20)9-13(12)21/h4-7,9H,2-3,8H2,1H3. The van der Waals surface area contributed by atoms with E-state index < -0.39 is 11.6 Å². The summed E-state index contributed by atoms with van der Waals surface area (Å²) in [5, 5.41) is 12.3. The summed E-state index contributed by atoms with van der Waals surface area (Å²) in [7, 11) is 0. The number of aromatic nitrogens is 6. The van der Waals surface area contributed by atoms with Gasteiger partial charge in [-0.25, -0.2) is 13.8 Å². The van der Waals surface area contributed by atoms with E-state index in [2.05, 4.69) is 20.3 Å². The zero-order chi connectivity index (χ0) is 19.4. The summed E-state index contributed by atoms with van der Waals surface area (Å²) in [6.45, 7) is 2.11. The first-order chi connectivity index (χ1) is 13.5. The van der Waals surface area contributed by atoms with Gasteiger partial charge in [-0.15, -0.1) is 10.2 Å². The lowest BCUT2D eigenvalue weighted by Crippen LogP contribution is -2.06. The second-order valence-corrected chi connectivity index (χ2v) is 6.67. The number of ketones is 1. The summed E-state index contributed by atoms with van der Waals surface area (Å²) in [4.78, 5) is 16.4. The summed E-state index contributed by atoms with van der Waals surface area (Å²) in [5.74, 6) is -0.656. The molecule has 0 amide bonds. The molecule has 140 valence electrons. The zero-order valence-corrected chi connectivity index (χ0v) is 14.9. The number of imidazole rings is 1. The van der Waals surface area contributed by atoms with Gasteiger partial charge in [-0.3, -0.25) is 4.79 Å². The predicted molar refractivity (Wildman–Crippen MR) is 95.7 cm³/mol. The molecule has 4 heterocycles. The third-order valence-electron chi connectivity index (χ3n) is 4.84. The number of aryl methyl sites for hydroxylation is 1. The molecular weight excluding hydrogens is 366 g/mol. The maximum atomic E-state index is 14.5. The molecular formula is C19H14F2N6O. The second-order valence-electron chi connectivity index (χ2n) is 6.67. The normalized spacial score (nSPS) is 13.2. The summed E-state index contributed by atoms with van der Waals surface area (Å²) < 4.78 is 31.2. The topological polar surface area (TPSA) is 78.0 Å². The molecule has 1 aliphatic rings. The van der Waals surface area contributed by atoms with Gasteiger partial charge in [-0.2, -0.15) is 9.61 Å². The number of fused-ring (bicyclic) bond motifs is 2. The van der Waals surface area contributed by atoms with Crippen LogP contribution in [0.2, 0.25) is 0 Å². The van der Waals surface area contributed by atoms with Crippen molar-refractivity contribution < 1.29 is 13.6 Å². The molecule has 0 saturated carbocycles. The Kier molecular flexibility index (Phi) is 3.58. The number of hydrogen-bond acceptors (Lipinski definition) is 5. The molecule has 3 aromatic heterocycles. The Morgan fingerprint density at radius 3 is 2.79 bits per heavy atom. The summed E-state index contributed by atoms with van der Waals surface area (Å²) in [6.07, 6.45) is 1.69. The molecule has 0 radical (unpaired) electrons. The molecule has 0 unspecified atom stereocenters. The highest BCUT2D eigenvalue weighted by atomic mass is 19.1. The summed E-state index contributed by atoms with van der Waals surface area (Å²) >= 11 is 0. The molecule has 0 saturated heterocycles. The third kappa shape index (κ3) is 2.43. The van der Waals surface area contributed by atoms with Crippen molar-refractivity contribution in [2.75, 3.05) is 0 Å². The van der Waals surface area contributed by atoms with Crippen molar-refractivity contribution in [1.82, 2.24) is 29.4 Å². The van der Waals surface area contributed by atoms with E-state index in [9.17, 15) is 13.6 Å². The van der Waals surface area contributed by atoms with Crippen LogP contribution in [-0.4, -0.2) is 35.1 Å². The van der Waals surface area contributed by atoms with Crippen molar-refractivity contribution in [1.29, 1.82) is 0 Å². The Morgan fingerprint density at radius 1 is 1.14 bits per heavy atom. The van der Waals surface area contributed by atoms with Gasteiger partial charge >= 0.3 is 0 Å². The number of Topliss-reactive ketones (excluding diaryl/α,β-unsaturated/α-hetero) is 1. The van der Waals surface area contributed by atoms with E-state index in [1.54, 1.807) is 12.1 Å². The van der Waals surface area contributed by atoms with Gasteiger partial charge in [0, 0.05) is 31.5 Å². The Hall–Kier alpha value is -3.49. The average molecular weight is 380 g/mol. The molecule has 0 atom stereocenters. The first-order valence-electron chi connectivity index (χ1n) is 8.81. The lowest BCUT2D eigenvalue weighted by molar-refractivity contribution is 0.100. The van der Waals surface area contributed by atoms with E-state index in [-0.39, 0.29) is 17.2 Å². The highest BCUT2D eigenvalue weighted by Crippen LogP contribution is 2.36. The van der Waals surface area contributed by atoms with Crippen molar-refractivity contribution in [3.63, 3.8) is 0 Å². The van der Waals surface area contributed by atoms with Crippen molar-refractivity contribution in [3.8, 4) is 22.6 Å². The summed E-state index contributed by atoms with van der Waals surface area (Å²) in [5.41, 5.74) is 2.18. The van der Waals surface area contributed by atoms with E-state index in [1.807, 2.05) is 4.57 Å². The minimum atomic E-state index is -0.687. The number of halogens is 2.